The Balaban J connectivity index is 1.60. The number of aliphatic imine (C=N–C) groups is 1. The van der Waals surface area contributed by atoms with Crippen molar-refractivity contribution in [2.24, 2.45) is 4.99 Å². The van der Waals surface area contributed by atoms with Gasteiger partial charge in [0.2, 0.25) is 5.90 Å². The lowest BCUT2D eigenvalue weighted by Gasteiger charge is -2.10. The van der Waals surface area contributed by atoms with Crippen LogP contribution < -0.4 is 4.74 Å². The Kier molecular flexibility index (Phi) is 6.52. The lowest BCUT2D eigenvalue weighted by atomic mass is 10.1. The molecule has 0 spiro atoms. The molecular weight excluding hydrogens is 604 g/mol. The minimum atomic E-state index is -0.464. The summed E-state index contributed by atoms with van der Waals surface area (Å²) in [6.07, 6.45) is 1.71. The Labute approximate surface area is 202 Å². The summed E-state index contributed by atoms with van der Waals surface area (Å²) in [5.41, 5.74) is 4.03. The number of hydrogen-bond donors (Lipinski definition) is 0. The van der Waals surface area contributed by atoms with Crippen LogP contribution in [0.15, 0.2) is 77.4 Å². The van der Waals surface area contributed by atoms with Crippen LogP contribution in [0, 0.1) is 14.1 Å². The summed E-state index contributed by atoms with van der Waals surface area (Å²) in [5.74, 6) is 0.544. The Morgan fingerprint density at radius 3 is 2.57 bits per heavy atom. The van der Waals surface area contributed by atoms with Gasteiger partial charge in [-0.05, 0) is 94.1 Å². The molecule has 0 aliphatic carbocycles. The quantitative estimate of drug-likeness (QED) is 0.196. The van der Waals surface area contributed by atoms with E-state index in [1.807, 2.05) is 73.7 Å². The molecule has 1 aliphatic heterocycles. The molecule has 0 radical (unpaired) electrons. The van der Waals surface area contributed by atoms with Crippen molar-refractivity contribution < 1.29 is 14.3 Å². The number of halogens is 2. The van der Waals surface area contributed by atoms with E-state index in [2.05, 4.69) is 50.2 Å². The standard InChI is InChI=1S/C24H17I2NO3/c1-15-12-17(10-11-19(15)25)23-27-21(24(28)30-23)13-16-6-3-5-9-22(16)29-14-18-7-2-4-8-20(18)26/h2-13H,14H2,1H3/b21-13-. The van der Waals surface area contributed by atoms with Gasteiger partial charge in [-0.25, -0.2) is 9.79 Å². The van der Waals surface area contributed by atoms with Crippen molar-refractivity contribution in [3.05, 3.63) is 102 Å². The normalized spacial score (nSPS) is 14.6. The number of carbonyl (C=O) groups excluding carboxylic acids is 1. The summed E-state index contributed by atoms with van der Waals surface area (Å²) < 4.78 is 13.7. The van der Waals surface area contributed by atoms with Crippen molar-refractivity contribution in [1.82, 2.24) is 0 Å². The maximum atomic E-state index is 12.4. The van der Waals surface area contributed by atoms with Gasteiger partial charge >= 0.3 is 5.97 Å². The highest BCUT2D eigenvalue weighted by molar-refractivity contribution is 14.1. The van der Waals surface area contributed by atoms with Gasteiger partial charge in [-0.1, -0.05) is 36.4 Å². The van der Waals surface area contributed by atoms with E-state index in [0.29, 0.717) is 18.3 Å². The van der Waals surface area contributed by atoms with Gasteiger partial charge in [-0.15, -0.1) is 0 Å². The summed E-state index contributed by atoms with van der Waals surface area (Å²) in [6, 6.07) is 21.5. The number of carbonyl (C=O) groups is 1. The molecule has 0 fully saturated rings. The second-order valence-electron chi connectivity index (χ2n) is 6.72. The third-order valence-electron chi connectivity index (χ3n) is 4.58. The van der Waals surface area contributed by atoms with Crippen LogP contribution in [0.2, 0.25) is 0 Å². The molecule has 0 atom stereocenters. The molecule has 4 rings (SSSR count). The van der Waals surface area contributed by atoms with E-state index in [1.165, 1.54) is 0 Å². The topological polar surface area (TPSA) is 47.9 Å². The van der Waals surface area contributed by atoms with E-state index in [1.54, 1.807) is 6.08 Å². The van der Waals surface area contributed by atoms with Crippen LogP contribution in [0.4, 0.5) is 0 Å². The number of para-hydroxylation sites is 1. The van der Waals surface area contributed by atoms with Gasteiger partial charge in [0.15, 0.2) is 5.70 Å². The molecule has 0 N–H and O–H groups in total. The molecule has 0 aromatic heterocycles. The molecule has 0 saturated heterocycles. The predicted molar refractivity (Wildman–Crippen MR) is 134 cm³/mol. The van der Waals surface area contributed by atoms with Gasteiger partial charge in [0.1, 0.15) is 12.4 Å². The largest absolute Gasteiger partial charge is 0.488 e. The Morgan fingerprint density at radius 1 is 1.00 bits per heavy atom. The van der Waals surface area contributed by atoms with Crippen molar-refractivity contribution in [3.8, 4) is 5.75 Å². The van der Waals surface area contributed by atoms with Crippen LogP contribution in [0.1, 0.15) is 22.3 Å². The summed E-state index contributed by atoms with van der Waals surface area (Å²) in [6.45, 7) is 2.46. The highest BCUT2D eigenvalue weighted by atomic mass is 127. The number of aryl methyl sites for hydroxylation is 1. The maximum Gasteiger partial charge on any atom is 0.363 e. The van der Waals surface area contributed by atoms with E-state index < -0.39 is 5.97 Å². The summed E-state index contributed by atoms with van der Waals surface area (Å²) in [5, 5.41) is 0. The SMILES string of the molecule is Cc1cc(C2=N/C(=C\c3ccccc3OCc3ccccc3I)C(=O)O2)ccc1I. The molecule has 0 bridgehead atoms. The lowest BCUT2D eigenvalue weighted by molar-refractivity contribution is -0.129. The molecule has 150 valence electrons. The number of benzene rings is 3. The number of ether oxygens (including phenoxy) is 2. The van der Waals surface area contributed by atoms with Crippen molar-refractivity contribution in [3.63, 3.8) is 0 Å². The first kappa shape index (κ1) is 21.0. The third-order valence-corrected chi connectivity index (χ3v) is 6.84. The number of cyclic esters (lactones) is 1. The van der Waals surface area contributed by atoms with Crippen LogP contribution >= 0.6 is 45.2 Å². The van der Waals surface area contributed by atoms with E-state index in [4.69, 9.17) is 9.47 Å². The third kappa shape index (κ3) is 4.75. The molecular formula is C24H17I2NO3. The maximum absolute atomic E-state index is 12.4. The van der Waals surface area contributed by atoms with Crippen LogP contribution in [-0.4, -0.2) is 11.9 Å². The molecule has 0 saturated carbocycles. The highest BCUT2D eigenvalue weighted by Crippen LogP contribution is 2.26. The first-order valence-electron chi connectivity index (χ1n) is 9.25. The average molecular weight is 621 g/mol. The number of hydrogen-bond acceptors (Lipinski definition) is 4. The summed E-state index contributed by atoms with van der Waals surface area (Å²) in [7, 11) is 0. The van der Waals surface area contributed by atoms with Gasteiger partial charge in [0.05, 0.1) is 0 Å². The number of nitrogens with zero attached hydrogens (tertiary/aromatic N) is 1. The van der Waals surface area contributed by atoms with Gasteiger partial charge in [0, 0.05) is 23.8 Å². The Bertz CT molecular complexity index is 1180. The summed E-state index contributed by atoms with van der Waals surface area (Å²) >= 11 is 4.57. The number of rotatable bonds is 5. The molecule has 4 nitrogen and oxygen atoms in total. The first-order chi connectivity index (χ1) is 14.5. The van der Waals surface area contributed by atoms with E-state index in [0.717, 1.165) is 29.4 Å². The molecule has 1 heterocycles. The fraction of sp³-hybridized carbons (Fsp3) is 0.0833. The zero-order valence-corrected chi connectivity index (χ0v) is 20.4. The summed E-state index contributed by atoms with van der Waals surface area (Å²) in [4.78, 5) is 16.8. The molecule has 0 unspecified atom stereocenters. The molecule has 0 amide bonds. The first-order valence-corrected chi connectivity index (χ1v) is 11.4. The molecule has 6 heteroatoms. The highest BCUT2D eigenvalue weighted by Gasteiger charge is 2.24. The lowest BCUT2D eigenvalue weighted by Crippen LogP contribution is -2.06. The van der Waals surface area contributed by atoms with E-state index >= 15 is 0 Å². The van der Waals surface area contributed by atoms with Crippen LogP contribution in [-0.2, 0) is 16.1 Å². The molecule has 3 aromatic rings. The monoisotopic (exact) mass is 621 g/mol. The fourth-order valence-electron chi connectivity index (χ4n) is 2.96. The minimum Gasteiger partial charge on any atom is -0.488 e. The number of esters is 1. The Hall–Kier alpha value is -2.20. The average Bonchev–Trinajstić information content (AvgIpc) is 3.11. The fourth-order valence-corrected chi connectivity index (χ4v) is 3.84. The van der Waals surface area contributed by atoms with Gasteiger partial charge in [0.25, 0.3) is 0 Å². The van der Waals surface area contributed by atoms with Crippen molar-refractivity contribution in [2.45, 2.75) is 13.5 Å². The zero-order valence-electron chi connectivity index (χ0n) is 16.1. The molecule has 1 aliphatic rings. The smallest absolute Gasteiger partial charge is 0.363 e. The molecule has 3 aromatic carbocycles. The van der Waals surface area contributed by atoms with Crippen LogP contribution in [0.5, 0.6) is 5.75 Å². The van der Waals surface area contributed by atoms with Gasteiger partial charge in [-0.2, -0.15) is 0 Å². The van der Waals surface area contributed by atoms with Crippen molar-refractivity contribution in [2.75, 3.05) is 0 Å². The predicted octanol–water partition coefficient (Wildman–Crippen LogP) is 6.13. The van der Waals surface area contributed by atoms with Crippen LogP contribution in [0.25, 0.3) is 6.08 Å². The zero-order chi connectivity index (χ0) is 21.1. The van der Waals surface area contributed by atoms with Crippen molar-refractivity contribution in [1.29, 1.82) is 0 Å². The van der Waals surface area contributed by atoms with Gasteiger partial charge in [-0.3, -0.25) is 0 Å². The Morgan fingerprint density at radius 2 is 1.77 bits per heavy atom. The van der Waals surface area contributed by atoms with Crippen LogP contribution in [0.3, 0.4) is 0 Å². The second kappa shape index (κ2) is 9.30. The molecule has 30 heavy (non-hydrogen) atoms. The minimum absolute atomic E-state index is 0.256. The van der Waals surface area contributed by atoms with Gasteiger partial charge < -0.3 is 9.47 Å². The van der Waals surface area contributed by atoms with Crippen molar-refractivity contribution >= 4 is 63.1 Å². The van der Waals surface area contributed by atoms with E-state index in [9.17, 15) is 4.79 Å². The van der Waals surface area contributed by atoms with E-state index in [-0.39, 0.29) is 5.70 Å². The second-order valence-corrected chi connectivity index (χ2v) is 9.04.